The highest BCUT2D eigenvalue weighted by atomic mass is 32.2. The van der Waals surface area contributed by atoms with Crippen molar-refractivity contribution in [1.82, 2.24) is 10.2 Å². The normalized spacial score (nSPS) is 20.3. The number of hydrogen-bond acceptors (Lipinski definition) is 3. The summed E-state index contributed by atoms with van der Waals surface area (Å²) in [6.45, 7) is -0.187. The molecule has 1 aliphatic rings. The SMILES string of the molecule is CSC1CCC(N(C)C(=O)CNC(=O)c2cc(F)cc(F)c2)C1. The van der Waals surface area contributed by atoms with Crippen LogP contribution >= 0.6 is 11.8 Å². The topological polar surface area (TPSA) is 49.4 Å². The molecule has 0 heterocycles. The van der Waals surface area contributed by atoms with Gasteiger partial charge < -0.3 is 10.2 Å². The second-order valence-corrected chi connectivity index (χ2v) is 6.81. The summed E-state index contributed by atoms with van der Waals surface area (Å²) >= 11 is 1.80. The number of amides is 2. The van der Waals surface area contributed by atoms with Gasteiger partial charge in [-0.3, -0.25) is 9.59 Å². The number of carbonyl (C=O) groups is 2. The predicted octanol–water partition coefficient (Wildman–Crippen LogP) is 2.44. The fourth-order valence-electron chi connectivity index (χ4n) is 2.75. The molecule has 4 nitrogen and oxygen atoms in total. The lowest BCUT2D eigenvalue weighted by molar-refractivity contribution is -0.130. The van der Waals surface area contributed by atoms with E-state index in [0.29, 0.717) is 11.3 Å². The minimum atomic E-state index is -0.826. The average Bonchev–Trinajstić information content (AvgIpc) is 2.99. The molecule has 1 aromatic carbocycles. The summed E-state index contributed by atoms with van der Waals surface area (Å²) in [5, 5.41) is 2.98. The van der Waals surface area contributed by atoms with Crippen LogP contribution in [-0.4, -0.2) is 47.9 Å². The highest BCUT2D eigenvalue weighted by molar-refractivity contribution is 7.99. The van der Waals surface area contributed by atoms with Gasteiger partial charge in [0.15, 0.2) is 0 Å². The zero-order chi connectivity index (χ0) is 17.0. The second-order valence-electron chi connectivity index (χ2n) is 5.67. The van der Waals surface area contributed by atoms with Crippen molar-refractivity contribution in [1.29, 1.82) is 0 Å². The molecule has 0 bridgehead atoms. The molecule has 7 heteroatoms. The van der Waals surface area contributed by atoms with Crippen LogP contribution in [0.25, 0.3) is 0 Å². The lowest BCUT2D eigenvalue weighted by Gasteiger charge is -2.24. The molecule has 0 aromatic heterocycles. The molecule has 126 valence electrons. The molecule has 2 unspecified atom stereocenters. The molecule has 1 N–H and O–H groups in total. The van der Waals surface area contributed by atoms with E-state index in [0.717, 1.165) is 31.4 Å². The molecule has 23 heavy (non-hydrogen) atoms. The lowest BCUT2D eigenvalue weighted by Crippen LogP contribution is -2.42. The Morgan fingerprint density at radius 2 is 1.91 bits per heavy atom. The van der Waals surface area contributed by atoms with E-state index in [1.165, 1.54) is 0 Å². The van der Waals surface area contributed by atoms with Gasteiger partial charge in [0.05, 0.1) is 6.54 Å². The largest absolute Gasteiger partial charge is 0.343 e. The van der Waals surface area contributed by atoms with Crippen molar-refractivity contribution in [2.24, 2.45) is 0 Å². The van der Waals surface area contributed by atoms with E-state index in [9.17, 15) is 18.4 Å². The molecule has 1 aromatic rings. The Labute approximate surface area is 138 Å². The first-order valence-electron chi connectivity index (χ1n) is 7.43. The Morgan fingerprint density at radius 1 is 1.26 bits per heavy atom. The highest BCUT2D eigenvalue weighted by Crippen LogP contribution is 2.30. The first-order valence-corrected chi connectivity index (χ1v) is 8.72. The Balaban J connectivity index is 1.87. The maximum Gasteiger partial charge on any atom is 0.251 e. The van der Waals surface area contributed by atoms with Crippen molar-refractivity contribution < 1.29 is 18.4 Å². The van der Waals surface area contributed by atoms with Crippen LogP contribution in [0.5, 0.6) is 0 Å². The van der Waals surface area contributed by atoms with E-state index in [1.807, 2.05) is 0 Å². The fourth-order valence-corrected chi connectivity index (χ4v) is 3.54. The van der Waals surface area contributed by atoms with E-state index in [4.69, 9.17) is 0 Å². The van der Waals surface area contributed by atoms with Crippen LogP contribution in [0.4, 0.5) is 8.78 Å². The van der Waals surface area contributed by atoms with Gasteiger partial charge in [-0.1, -0.05) is 0 Å². The fraction of sp³-hybridized carbons (Fsp3) is 0.500. The standard InChI is InChI=1S/C16H20F2N2O2S/c1-20(13-3-4-14(8-13)23-2)15(21)9-19-16(22)10-5-11(17)7-12(18)6-10/h5-7,13-14H,3-4,8-9H2,1-2H3,(H,19,22). The van der Waals surface area contributed by atoms with Gasteiger partial charge in [-0.15, -0.1) is 0 Å². The molecule has 1 saturated carbocycles. The molecule has 2 rings (SSSR count). The molecule has 2 atom stereocenters. The summed E-state index contributed by atoms with van der Waals surface area (Å²) in [6, 6.07) is 2.75. The number of nitrogens with zero attached hydrogens (tertiary/aromatic N) is 1. The minimum Gasteiger partial charge on any atom is -0.343 e. The summed E-state index contributed by atoms with van der Waals surface area (Å²) in [7, 11) is 1.73. The van der Waals surface area contributed by atoms with E-state index < -0.39 is 17.5 Å². The van der Waals surface area contributed by atoms with Crippen LogP contribution < -0.4 is 5.32 Å². The summed E-state index contributed by atoms with van der Waals surface area (Å²) in [4.78, 5) is 25.7. The highest BCUT2D eigenvalue weighted by Gasteiger charge is 2.29. The second kappa shape index (κ2) is 7.77. The van der Waals surface area contributed by atoms with Crippen LogP contribution in [0.15, 0.2) is 18.2 Å². The molecule has 0 spiro atoms. The molecule has 0 saturated heterocycles. The third-order valence-corrected chi connectivity index (χ3v) is 5.25. The summed E-state index contributed by atoms with van der Waals surface area (Å²) in [6.07, 6.45) is 5.05. The number of likely N-dealkylation sites (N-methyl/N-ethyl adjacent to an activating group) is 1. The van der Waals surface area contributed by atoms with Crippen LogP contribution in [0.1, 0.15) is 29.6 Å². The van der Waals surface area contributed by atoms with E-state index in [-0.39, 0.29) is 24.1 Å². The van der Waals surface area contributed by atoms with Gasteiger partial charge >= 0.3 is 0 Å². The first kappa shape index (κ1) is 17.7. The molecule has 1 aliphatic carbocycles. The van der Waals surface area contributed by atoms with Crippen LogP contribution in [0, 0.1) is 11.6 Å². The van der Waals surface area contributed by atoms with E-state index >= 15 is 0 Å². The molecule has 1 fully saturated rings. The van der Waals surface area contributed by atoms with Crippen LogP contribution in [0.2, 0.25) is 0 Å². The molecule has 2 amide bonds. The quantitative estimate of drug-likeness (QED) is 0.894. The Morgan fingerprint density at radius 3 is 2.48 bits per heavy atom. The monoisotopic (exact) mass is 342 g/mol. The van der Waals surface area contributed by atoms with Gasteiger partial charge in [0.25, 0.3) is 5.91 Å². The number of hydrogen-bond donors (Lipinski definition) is 1. The Kier molecular flexibility index (Phi) is 5.98. The Bertz CT molecular complexity index is 577. The smallest absolute Gasteiger partial charge is 0.251 e. The molecular weight excluding hydrogens is 322 g/mol. The van der Waals surface area contributed by atoms with Gasteiger partial charge in [-0.2, -0.15) is 11.8 Å². The van der Waals surface area contributed by atoms with E-state index in [1.54, 1.807) is 23.7 Å². The number of thioether (sulfide) groups is 1. The molecular formula is C16H20F2N2O2S. The molecule has 0 aliphatic heterocycles. The van der Waals surface area contributed by atoms with Crippen molar-refractivity contribution >= 4 is 23.6 Å². The number of benzene rings is 1. The lowest BCUT2D eigenvalue weighted by atomic mass is 10.2. The Hall–Kier alpha value is -1.63. The maximum absolute atomic E-state index is 13.1. The maximum atomic E-state index is 13.1. The summed E-state index contributed by atoms with van der Waals surface area (Å²) in [5.41, 5.74) is -0.138. The number of halogens is 2. The summed E-state index contributed by atoms with van der Waals surface area (Å²) in [5.74, 6) is -2.53. The van der Waals surface area contributed by atoms with Crippen LogP contribution in [-0.2, 0) is 4.79 Å². The van der Waals surface area contributed by atoms with Crippen molar-refractivity contribution in [3.05, 3.63) is 35.4 Å². The zero-order valence-corrected chi connectivity index (χ0v) is 14.0. The zero-order valence-electron chi connectivity index (χ0n) is 13.1. The number of nitrogens with one attached hydrogen (secondary N) is 1. The van der Waals surface area contributed by atoms with Gasteiger partial charge in [0.1, 0.15) is 11.6 Å². The van der Waals surface area contributed by atoms with Crippen molar-refractivity contribution in [3.63, 3.8) is 0 Å². The number of rotatable bonds is 5. The van der Waals surface area contributed by atoms with Gasteiger partial charge in [-0.05, 0) is 37.7 Å². The predicted molar refractivity (Wildman–Crippen MR) is 86.4 cm³/mol. The van der Waals surface area contributed by atoms with Crippen molar-refractivity contribution in [2.75, 3.05) is 19.8 Å². The van der Waals surface area contributed by atoms with Gasteiger partial charge in [0.2, 0.25) is 5.91 Å². The van der Waals surface area contributed by atoms with Crippen LogP contribution in [0.3, 0.4) is 0 Å². The third kappa shape index (κ3) is 4.67. The van der Waals surface area contributed by atoms with E-state index in [2.05, 4.69) is 11.6 Å². The first-order chi connectivity index (χ1) is 10.9. The third-order valence-electron chi connectivity index (χ3n) is 4.16. The van der Waals surface area contributed by atoms with Crippen molar-refractivity contribution in [2.45, 2.75) is 30.6 Å². The average molecular weight is 342 g/mol. The number of carbonyl (C=O) groups excluding carboxylic acids is 2. The van der Waals surface area contributed by atoms with Crippen molar-refractivity contribution in [3.8, 4) is 0 Å². The minimum absolute atomic E-state index is 0.138. The summed E-state index contributed by atoms with van der Waals surface area (Å²) < 4.78 is 26.2. The van der Waals surface area contributed by atoms with Gasteiger partial charge in [0, 0.05) is 30.0 Å². The van der Waals surface area contributed by atoms with Gasteiger partial charge in [-0.25, -0.2) is 8.78 Å². The molecule has 0 radical (unpaired) electrons.